The second-order valence-corrected chi connectivity index (χ2v) is 4.05. The molecule has 2 aromatic rings. The number of aryl methyl sites for hydroxylation is 2. The monoisotopic (exact) mass is 272 g/mol. The number of rotatable bonds is 3. The van der Waals surface area contributed by atoms with Crippen LogP contribution in [0.15, 0.2) is 18.2 Å². The fourth-order valence-electron chi connectivity index (χ4n) is 1.63. The quantitative estimate of drug-likeness (QED) is 0.799. The van der Waals surface area contributed by atoms with Crippen molar-refractivity contribution in [2.45, 2.75) is 12.8 Å². The Morgan fingerprint density at radius 1 is 1.39 bits per heavy atom. The van der Waals surface area contributed by atoms with E-state index < -0.39 is 11.6 Å². The molecule has 96 valence electrons. The van der Waals surface area contributed by atoms with Crippen molar-refractivity contribution >= 4 is 11.6 Å². The summed E-state index contributed by atoms with van der Waals surface area (Å²) in [6, 6.07) is 3.75. The molecule has 0 fully saturated rings. The summed E-state index contributed by atoms with van der Waals surface area (Å²) >= 11 is 5.79. The number of benzene rings is 1. The molecule has 0 aliphatic carbocycles. The van der Waals surface area contributed by atoms with Crippen LogP contribution in [-0.2, 0) is 12.9 Å². The summed E-state index contributed by atoms with van der Waals surface area (Å²) in [5.41, 5.74) is 1.35. The van der Waals surface area contributed by atoms with E-state index in [1.54, 1.807) is 14.0 Å². The predicted octanol–water partition coefficient (Wildman–Crippen LogP) is 3.54. The van der Waals surface area contributed by atoms with Crippen LogP contribution >= 0.6 is 11.6 Å². The summed E-state index contributed by atoms with van der Waals surface area (Å²) in [6.45, 7) is 1.77. The molecule has 0 N–H and O–H groups in total. The zero-order chi connectivity index (χ0) is 13.3. The van der Waals surface area contributed by atoms with E-state index in [2.05, 4.69) is 5.10 Å². The first kappa shape index (κ1) is 12.8. The minimum absolute atomic E-state index is 0.186. The molecule has 6 heteroatoms. The SMILES string of the molecule is Cc1nn(C)c(Oc2cccc(F)c2F)c1CCl. The van der Waals surface area contributed by atoms with Gasteiger partial charge in [-0.05, 0) is 19.1 Å². The maximum absolute atomic E-state index is 13.5. The number of hydrogen-bond acceptors (Lipinski definition) is 2. The van der Waals surface area contributed by atoms with Crippen LogP contribution in [0.2, 0.25) is 0 Å². The molecule has 0 radical (unpaired) electrons. The molecule has 0 saturated heterocycles. The van der Waals surface area contributed by atoms with Gasteiger partial charge in [0.05, 0.1) is 17.1 Å². The zero-order valence-electron chi connectivity index (χ0n) is 9.88. The number of aromatic nitrogens is 2. The number of nitrogens with zero attached hydrogens (tertiary/aromatic N) is 2. The Morgan fingerprint density at radius 3 is 2.78 bits per heavy atom. The molecule has 0 aliphatic heterocycles. The lowest BCUT2D eigenvalue weighted by Crippen LogP contribution is -1.99. The second-order valence-electron chi connectivity index (χ2n) is 3.78. The molecular formula is C12H11ClF2N2O. The Hall–Kier alpha value is -1.62. The molecule has 18 heavy (non-hydrogen) atoms. The van der Waals surface area contributed by atoms with E-state index in [0.717, 1.165) is 6.07 Å². The van der Waals surface area contributed by atoms with E-state index in [4.69, 9.17) is 16.3 Å². The van der Waals surface area contributed by atoms with Gasteiger partial charge in [0.15, 0.2) is 11.6 Å². The van der Waals surface area contributed by atoms with E-state index in [0.29, 0.717) is 17.1 Å². The Bertz CT molecular complexity index is 584. The number of ether oxygens (including phenoxy) is 1. The Labute approximate surface area is 108 Å². The smallest absolute Gasteiger partial charge is 0.222 e. The van der Waals surface area contributed by atoms with Crippen LogP contribution in [-0.4, -0.2) is 9.78 Å². The summed E-state index contributed by atoms with van der Waals surface area (Å²) in [5, 5.41) is 4.12. The standard InChI is InChI=1S/C12H11ClF2N2O/c1-7-8(6-13)12(17(2)16-7)18-10-5-3-4-9(14)11(10)15/h3-5H,6H2,1-2H3. The molecule has 2 rings (SSSR count). The maximum Gasteiger partial charge on any atom is 0.222 e. The van der Waals surface area contributed by atoms with Crippen LogP contribution in [0.4, 0.5) is 8.78 Å². The third-order valence-electron chi connectivity index (χ3n) is 2.55. The fraction of sp³-hybridized carbons (Fsp3) is 0.250. The molecule has 0 amide bonds. The van der Waals surface area contributed by atoms with Crippen molar-refractivity contribution in [1.82, 2.24) is 9.78 Å². The van der Waals surface area contributed by atoms with Gasteiger partial charge in [0.25, 0.3) is 0 Å². The highest BCUT2D eigenvalue weighted by atomic mass is 35.5. The van der Waals surface area contributed by atoms with E-state index in [1.165, 1.54) is 16.8 Å². The van der Waals surface area contributed by atoms with Crippen LogP contribution in [0.25, 0.3) is 0 Å². The Kier molecular flexibility index (Phi) is 3.52. The highest BCUT2D eigenvalue weighted by Gasteiger charge is 2.17. The van der Waals surface area contributed by atoms with Crippen molar-refractivity contribution in [1.29, 1.82) is 0 Å². The van der Waals surface area contributed by atoms with Crippen molar-refractivity contribution in [3.05, 3.63) is 41.1 Å². The minimum Gasteiger partial charge on any atom is -0.436 e. The van der Waals surface area contributed by atoms with Crippen molar-refractivity contribution in [2.75, 3.05) is 0 Å². The normalized spacial score (nSPS) is 10.7. The predicted molar refractivity (Wildman–Crippen MR) is 63.9 cm³/mol. The number of hydrogen-bond donors (Lipinski definition) is 0. The van der Waals surface area contributed by atoms with Crippen molar-refractivity contribution in [3.8, 4) is 11.6 Å². The van der Waals surface area contributed by atoms with Gasteiger partial charge in [-0.2, -0.15) is 9.49 Å². The minimum atomic E-state index is -1.03. The van der Waals surface area contributed by atoms with Gasteiger partial charge in [0, 0.05) is 7.05 Å². The summed E-state index contributed by atoms with van der Waals surface area (Å²) in [6.07, 6.45) is 0. The first-order valence-electron chi connectivity index (χ1n) is 5.25. The van der Waals surface area contributed by atoms with Gasteiger partial charge in [-0.25, -0.2) is 9.07 Å². The number of alkyl halides is 1. The lowest BCUT2D eigenvalue weighted by Gasteiger charge is -2.08. The Morgan fingerprint density at radius 2 is 2.11 bits per heavy atom. The average Bonchev–Trinajstić information content (AvgIpc) is 2.59. The first-order chi connectivity index (χ1) is 8.54. The molecule has 0 bridgehead atoms. The van der Waals surface area contributed by atoms with E-state index in [9.17, 15) is 8.78 Å². The summed E-state index contributed by atoms with van der Waals surface area (Å²) < 4.78 is 33.4. The summed E-state index contributed by atoms with van der Waals surface area (Å²) in [7, 11) is 1.65. The molecule has 0 spiro atoms. The van der Waals surface area contributed by atoms with Crippen molar-refractivity contribution < 1.29 is 13.5 Å². The highest BCUT2D eigenvalue weighted by molar-refractivity contribution is 6.17. The Balaban J connectivity index is 2.43. The molecule has 1 aromatic carbocycles. The van der Waals surface area contributed by atoms with Gasteiger partial charge < -0.3 is 4.74 Å². The largest absolute Gasteiger partial charge is 0.436 e. The van der Waals surface area contributed by atoms with E-state index in [1.807, 2.05) is 0 Å². The van der Waals surface area contributed by atoms with E-state index in [-0.39, 0.29) is 11.6 Å². The van der Waals surface area contributed by atoms with Gasteiger partial charge in [-0.1, -0.05) is 6.07 Å². The highest BCUT2D eigenvalue weighted by Crippen LogP contribution is 2.30. The number of halogens is 3. The topological polar surface area (TPSA) is 27.1 Å². The zero-order valence-corrected chi connectivity index (χ0v) is 10.6. The van der Waals surface area contributed by atoms with Gasteiger partial charge in [-0.3, -0.25) is 0 Å². The summed E-state index contributed by atoms with van der Waals surface area (Å²) in [5.74, 6) is -1.68. The molecular weight excluding hydrogens is 262 g/mol. The third-order valence-corrected chi connectivity index (χ3v) is 2.81. The summed E-state index contributed by atoms with van der Waals surface area (Å²) in [4.78, 5) is 0. The van der Waals surface area contributed by atoms with Crippen molar-refractivity contribution in [3.63, 3.8) is 0 Å². The second kappa shape index (κ2) is 4.94. The third kappa shape index (κ3) is 2.18. The van der Waals surface area contributed by atoms with Gasteiger partial charge in [0.2, 0.25) is 11.7 Å². The van der Waals surface area contributed by atoms with Crippen LogP contribution in [0.1, 0.15) is 11.3 Å². The molecule has 0 atom stereocenters. The lowest BCUT2D eigenvalue weighted by atomic mass is 10.3. The average molecular weight is 273 g/mol. The molecule has 3 nitrogen and oxygen atoms in total. The molecule has 1 aromatic heterocycles. The lowest BCUT2D eigenvalue weighted by molar-refractivity contribution is 0.385. The van der Waals surface area contributed by atoms with Gasteiger partial charge >= 0.3 is 0 Å². The maximum atomic E-state index is 13.5. The first-order valence-corrected chi connectivity index (χ1v) is 5.78. The molecule has 0 aliphatic rings. The molecule has 0 saturated carbocycles. The molecule has 1 heterocycles. The van der Waals surface area contributed by atoms with Gasteiger partial charge in [0.1, 0.15) is 0 Å². The van der Waals surface area contributed by atoms with Crippen LogP contribution in [0.3, 0.4) is 0 Å². The molecule has 0 unspecified atom stereocenters. The van der Waals surface area contributed by atoms with Crippen LogP contribution in [0, 0.1) is 18.6 Å². The van der Waals surface area contributed by atoms with Crippen LogP contribution in [0.5, 0.6) is 11.6 Å². The fourth-order valence-corrected chi connectivity index (χ4v) is 1.94. The van der Waals surface area contributed by atoms with Crippen LogP contribution < -0.4 is 4.74 Å². The van der Waals surface area contributed by atoms with Crippen molar-refractivity contribution in [2.24, 2.45) is 7.05 Å². The van der Waals surface area contributed by atoms with E-state index >= 15 is 0 Å². The van der Waals surface area contributed by atoms with Gasteiger partial charge in [-0.15, -0.1) is 11.6 Å².